The number of anilines is 1. The number of ketones is 1. The van der Waals surface area contributed by atoms with Gasteiger partial charge in [0.1, 0.15) is 5.75 Å². The second kappa shape index (κ2) is 9.16. The molecule has 0 unspecified atom stereocenters. The molecule has 1 N–H and O–H groups in total. The summed E-state index contributed by atoms with van der Waals surface area (Å²) in [6.45, 7) is 6.85. The second-order valence-corrected chi connectivity index (χ2v) is 7.13. The second-order valence-electron chi connectivity index (χ2n) is 7.13. The quantitative estimate of drug-likeness (QED) is 0.547. The highest BCUT2D eigenvalue weighted by Crippen LogP contribution is 2.23. The zero-order valence-electron chi connectivity index (χ0n) is 16.4. The van der Waals surface area contributed by atoms with Crippen molar-refractivity contribution in [1.29, 1.82) is 0 Å². The van der Waals surface area contributed by atoms with E-state index in [1.54, 1.807) is 37.3 Å². The number of amides is 1. The van der Waals surface area contributed by atoms with E-state index in [9.17, 15) is 14.4 Å². The van der Waals surface area contributed by atoms with E-state index < -0.39 is 18.5 Å². The summed E-state index contributed by atoms with van der Waals surface area (Å²) in [4.78, 5) is 35.1. The summed E-state index contributed by atoms with van der Waals surface area (Å²) in [5, 5.41) is 6.35. The highest BCUT2D eigenvalue weighted by molar-refractivity contribution is 5.95. The molecule has 2 rings (SSSR count). The average Bonchev–Trinajstić information content (AvgIpc) is 3.13. The minimum absolute atomic E-state index is 0.0262. The van der Waals surface area contributed by atoms with E-state index in [1.807, 2.05) is 20.8 Å². The van der Waals surface area contributed by atoms with Crippen molar-refractivity contribution in [2.75, 3.05) is 18.5 Å². The molecule has 28 heavy (non-hydrogen) atoms. The van der Waals surface area contributed by atoms with E-state index >= 15 is 0 Å². The van der Waals surface area contributed by atoms with Crippen molar-refractivity contribution >= 4 is 23.5 Å². The predicted molar refractivity (Wildman–Crippen MR) is 101 cm³/mol. The zero-order chi connectivity index (χ0) is 20.7. The van der Waals surface area contributed by atoms with E-state index in [4.69, 9.17) is 14.0 Å². The average molecular weight is 388 g/mol. The van der Waals surface area contributed by atoms with Crippen molar-refractivity contribution in [2.24, 2.45) is 0 Å². The molecule has 8 nitrogen and oxygen atoms in total. The van der Waals surface area contributed by atoms with Crippen LogP contribution in [0.15, 0.2) is 34.9 Å². The third-order valence-electron chi connectivity index (χ3n) is 3.76. The fraction of sp³-hybridized carbons (Fsp3) is 0.400. The van der Waals surface area contributed by atoms with Gasteiger partial charge in [-0.3, -0.25) is 14.9 Å². The van der Waals surface area contributed by atoms with Gasteiger partial charge in [-0.15, -0.1) is 0 Å². The summed E-state index contributed by atoms with van der Waals surface area (Å²) in [5.74, 6) is -0.614. The number of rotatable bonds is 8. The van der Waals surface area contributed by atoms with Gasteiger partial charge in [0, 0.05) is 23.5 Å². The molecule has 0 aliphatic heterocycles. The Labute approximate surface area is 163 Å². The van der Waals surface area contributed by atoms with Crippen LogP contribution < -0.4 is 10.1 Å². The number of Topliss-reactive ketones (excluding diaryl/α,β-unsaturated/α-hetero) is 1. The Morgan fingerprint density at radius 2 is 1.79 bits per heavy atom. The first kappa shape index (κ1) is 21.1. The van der Waals surface area contributed by atoms with Gasteiger partial charge in [0.05, 0.1) is 5.69 Å². The Balaban J connectivity index is 1.74. The van der Waals surface area contributed by atoms with Crippen LogP contribution in [0.5, 0.6) is 5.75 Å². The molecule has 2 aromatic rings. The first-order chi connectivity index (χ1) is 13.2. The molecular formula is C20H24N2O6. The summed E-state index contributed by atoms with van der Waals surface area (Å²) in [7, 11) is 0. The standard InChI is InChI=1S/C20H24N2O6/c1-5-15(23)13-6-8-14(9-7-13)26-12-19(25)27-11-17(24)21-18-10-16(22-28-18)20(2,3)4/h6-10H,5,11-12H2,1-4H3,(H,21,24). The van der Waals surface area contributed by atoms with Crippen molar-refractivity contribution in [3.05, 3.63) is 41.6 Å². The van der Waals surface area contributed by atoms with Gasteiger partial charge in [0.15, 0.2) is 19.0 Å². The van der Waals surface area contributed by atoms with Crippen molar-refractivity contribution in [3.8, 4) is 5.75 Å². The number of hydrogen-bond acceptors (Lipinski definition) is 7. The summed E-state index contributed by atoms with van der Waals surface area (Å²) >= 11 is 0. The highest BCUT2D eigenvalue weighted by Gasteiger charge is 2.20. The van der Waals surface area contributed by atoms with Crippen LogP contribution in [0, 0.1) is 0 Å². The van der Waals surface area contributed by atoms with Crippen LogP contribution in [0.1, 0.15) is 50.2 Å². The van der Waals surface area contributed by atoms with Gasteiger partial charge < -0.3 is 14.0 Å². The lowest BCUT2D eigenvalue weighted by Gasteiger charge is -2.12. The Kier molecular flexibility index (Phi) is 6.92. The smallest absolute Gasteiger partial charge is 0.344 e. The molecule has 1 heterocycles. The molecule has 0 spiro atoms. The topological polar surface area (TPSA) is 108 Å². The summed E-state index contributed by atoms with van der Waals surface area (Å²) < 4.78 is 15.2. The summed E-state index contributed by atoms with van der Waals surface area (Å²) in [6, 6.07) is 8.07. The first-order valence-corrected chi connectivity index (χ1v) is 8.87. The molecule has 1 aromatic heterocycles. The predicted octanol–water partition coefficient (Wildman–Crippen LogP) is 3.13. The third-order valence-corrected chi connectivity index (χ3v) is 3.76. The van der Waals surface area contributed by atoms with Crippen LogP contribution >= 0.6 is 0 Å². The fourth-order valence-corrected chi connectivity index (χ4v) is 2.13. The molecule has 0 fully saturated rings. The van der Waals surface area contributed by atoms with Crippen molar-refractivity contribution in [1.82, 2.24) is 5.16 Å². The lowest BCUT2D eigenvalue weighted by atomic mass is 9.92. The monoisotopic (exact) mass is 388 g/mol. The number of aromatic nitrogens is 1. The molecule has 0 radical (unpaired) electrons. The van der Waals surface area contributed by atoms with E-state index in [2.05, 4.69) is 10.5 Å². The van der Waals surface area contributed by atoms with Gasteiger partial charge in [0.2, 0.25) is 5.88 Å². The Hall–Kier alpha value is -3.16. The Morgan fingerprint density at radius 1 is 1.11 bits per heavy atom. The van der Waals surface area contributed by atoms with Gasteiger partial charge in [-0.25, -0.2) is 4.79 Å². The molecule has 0 saturated heterocycles. The SMILES string of the molecule is CCC(=O)c1ccc(OCC(=O)OCC(=O)Nc2cc(C(C)(C)C)no2)cc1. The van der Waals surface area contributed by atoms with E-state index in [-0.39, 0.29) is 23.7 Å². The molecule has 1 amide bonds. The lowest BCUT2D eigenvalue weighted by Crippen LogP contribution is -2.23. The number of nitrogens with one attached hydrogen (secondary N) is 1. The van der Waals surface area contributed by atoms with Gasteiger partial charge in [-0.2, -0.15) is 0 Å². The Bertz CT molecular complexity index is 833. The molecule has 0 atom stereocenters. The van der Waals surface area contributed by atoms with E-state index in [0.717, 1.165) is 0 Å². The minimum Gasteiger partial charge on any atom is -0.482 e. The van der Waals surface area contributed by atoms with Crippen molar-refractivity contribution in [3.63, 3.8) is 0 Å². The molecule has 0 aliphatic rings. The van der Waals surface area contributed by atoms with Gasteiger partial charge >= 0.3 is 5.97 Å². The lowest BCUT2D eigenvalue weighted by molar-refractivity contribution is -0.149. The van der Waals surface area contributed by atoms with Crippen LogP contribution in [0.25, 0.3) is 0 Å². The fourth-order valence-electron chi connectivity index (χ4n) is 2.13. The maximum Gasteiger partial charge on any atom is 0.344 e. The van der Waals surface area contributed by atoms with Crippen LogP contribution in [0.3, 0.4) is 0 Å². The molecule has 0 aliphatic carbocycles. The molecule has 0 bridgehead atoms. The number of esters is 1. The largest absolute Gasteiger partial charge is 0.482 e. The summed E-state index contributed by atoms with van der Waals surface area (Å²) in [6.07, 6.45) is 0.417. The number of nitrogens with zero attached hydrogens (tertiary/aromatic N) is 1. The number of carbonyl (C=O) groups excluding carboxylic acids is 3. The maximum atomic E-state index is 11.8. The minimum atomic E-state index is -0.697. The van der Waals surface area contributed by atoms with Crippen LogP contribution in [-0.4, -0.2) is 36.0 Å². The number of carbonyl (C=O) groups is 3. The third kappa shape index (κ3) is 6.22. The molecule has 1 aromatic carbocycles. The number of benzene rings is 1. The maximum absolute atomic E-state index is 11.8. The summed E-state index contributed by atoms with van der Waals surface area (Å²) in [5.41, 5.74) is 1.06. The van der Waals surface area contributed by atoms with Crippen LogP contribution in [0.4, 0.5) is 5.88 Å². The molecule has 8 heteroatoms. The number of hydrogen-bond donors (Lipinski definition) is 1. The van der Waals surface area contributed by atoms with Gasteiger partial charge in [0.25, 0.3) is 5.91 Å². The molecular weight excluding hydrogens is 364 g/mol. The highest BCUT2D eigenvalue weighted by atomic mass is 16.6. The van der Waals surface area contributed by atoms with Gasteiger partial charge in [-0.1, -0.05) is 32.9 Å². The normalized spacial score (nSPS) is 11.0. The van der Waals surface area contributed by atoms with Crippen molar-refractivity contribution < 1.29 is 28.4 Å². The van der Waals surface area contributed by atoms with E-state index in [1.165, 1.54) is 0 Å². The molecule has 0 saturated carbocycles. The van der Waals surface area contributed by atoms with Gasteiger partial charge in [-0.05, 0) is 24.3 Å². The van der Waals surface area contributed by atoms with E-state index in [0.29, 0.717) is 23.4 Å². The zero-order valence-corrected chi connectivity index (χ0v) is 16.4. The van der Waals surface area contributed by atoms with Crippen molar-refractivity contribution in [2.45, 2.75) is 39.5 Å². The van der Waals surface area contributed by atoms with Crippen LogP contribution in [0.2, 0.25) is 0 Å². The number of ether oxygens (including phenoxy) is 2. The first-order valence-electron chi connectivity index (χ1n) is 8.87. The Morgan fingerprint density at radius 3 is 2.36 bits per heavy atom. The molecule has 150 valence electrons. The van der Waals surface area contributed by atoms with Crippen LogP contribution in [-0.2, 0) is 19.7 Å².